The van der Waals surface area contributed by atoms with E-state index in [2.05, 4.69) is 58.3 Å². The minimum absolute atomic E-state index is 0.0945. The van der Waals surface area contributed by atoms with Crippen LogP contribution in [0.25, 0.3) is 10.8 Å². The predicted molar refractivity (Wildman–Crippen MR) is 102 cm³/mol. The highest BCUT2D eigenvalue weighted by Gasteiger charge is 2.42. The van der Waals surface area contributed by atoms with Crippen LogP contribution in [0, 0.1) is 5.92 Å². The number of amides is 1. The number of rotatable bonds is 2. The van der Waals surface area contributed by atoms with Crippen molar-refractivity contribution in [3.63, 3.8) is 0 Å². The molecule has 0 bridgehead atoms. The first kappa shape index (κ1) is 15.6. The lowest BCUT2D eigenvalue weighted by molar-refractivity contribution is 0.0647. The molecule has 0 aliphatic carbocycles. The minimum Gasteiger partial charge on any atom is -0.357 e. The Labute approximate surface area is 152 Å². The molecule has 0 saturated carbocycles. The average molecular weight is 346 g/mol. The zero-order valence-corrected chi connectivity index (χ0v) is 14.5. The van der Waals surface area contributed by atoms with Crippen molar-refractivity contribution < 1.29 is 4.79 Å². The third kappa shape index (κ3) is 2.52. The highest BCUT2D eigenvalue weighted by atomic mass is 16.2. The number of nitrogens with zero attached hydrogens (tertiary/aromatic N) is 1. The van der Waals surface area contributed by atoms with Crippen LogP contribution >= 0.6 is 0 Å². The van der Waals surface area contributed by atoms with Crippen LogP contribution in [-0.4, -0.2) is 34.9 Å². The second kappa shape index (κ2) is 6.27. The molecule has 0 radical (unpaired) electrons. The SMILES string of the molecule is O=C(c1ccc[nH]1)N1CCC2NNC(c3cccc4ccccc34)C2C1. The normalized spacial score (nSPS) is 25.4. The summed E-state index contributed by atoms with van der Waals surface area (Å²) >= 11 is 0. The van der Waals surface area contributed by atoms with Crippen molar-refractivity contribution in [2.75, 3.05) is 13.1 Å². The van der Waals surface area contributed by atoms with Gasteiger partial charge in [-0.25, -0.2) is 5.43 Å². The molecule has 132 valence electrons. The molecule has 2 aromatic carbocycles. The van der Waals surface area contributed by atoms with Crippen LogP contribution in [0.1, 0.15) is 28.5 Å². The Morgan fingerprint density at radius 2 is 1.88 bits per heavy atom. The fraction of sp³-hybridized carbons (Fsp3) is 0.286. The molecule has 3 heterocycles. The second-order valence-electron chi connectivity index (χ2n) is 7.23. The first-order valence-electron chi connectivity index (χ1n) is 9.22. The number of aromatic amines is 1. The van der Waals surface area contributed by atoms with E-state index < -0.39 is 0 Å². The van der Waals surface area contributed by atoms with Crippen LogP contribution in [-0.2, 0) is 0 Å². The number of aromatic nitrogens is 1. The summed E-state index contributed by atoms with van der Waals surface area (Å²) in [6.07, 6.45) is 2.77. The summed E-state index contributed by atoms with van der Waals surface area (Å²) < 4.78 is 0. The Balaban J connectivity index is 1.45. The molecule has 26 heavy (non-hydrogen) atoms. The molecular formula is C21H22N4O. The van der Waals surface area contributed by atoms with Gasteiger partial charge in [-0.1, -0.05) is 42.5 Å². The lowest BCUT2D eigenvalue weighted by Gasteiger charge is -2.36. The summed E-state index contributed by atoms with van der Waals surface area (Å²) in [6.45, 7) is 1.55. The minimum atomic E-state index is 0.0945. The molecule has 2 fully saturated rings. The van der Waals surface area contributed by atoms with Gasteiger partial charge in [0.2, 0.25) is 0 Å². The van der Waals surface area contributed by atoms with Crippen molar-refractivity contribution in [3.8, 4) is 0 Å². The molecule has 2 aliphatic heterocycles. The van der Waals surface area contributed by atoms with Gasteiger partial charge in [0.25, 0.3) is 5.91 Å². The third-order valence-electron chi connectivity index (χ3n) is 5.78. The van der Waals surface area contributed by atoms with E-state index in [1.807, 2.05) is 17.0 Å². The number of nitrogens with one attached hydrogen (secondary N) is 3. The van der Waals surface area contributed by atoms with Crippen LogP contribution in [0.5, 0.6) is 0 Å². The van der Waals surface area contributed by atoms with Gasteiger partial charge in [0.05, 0.1) is 6.04 Å². The summed E-state index contributed by atoms with van der Waals surface area (Å²) in [5.41, 5.74) is 8.95. The first-order valence-corrected chi connectivity index (χ1v) is 9.22. The molecule has 0 spiro atoms. The number of fused-ring (bicyclic) bond motifs is 2. The van der Waals surface area contributed by atoms with Crippen molar-refractivity contribution in [1.29, 1.82) is 0 Å². The van der Waals surface area contributed by atoms with Crippen LogP contribution in [0.15, 0.2) is 60.8 Å². The van der Waals surface area contributed by atoms with E-state index in [-0.39, 0.29) is 11.9 Å². The monoisotopic (exact) mass is 346 g/mol. The Kier molecular flexibility index (Phi) is 3.76. The number of benzene rings is 2. The summed E-state index contributed by atoms with van der Waals surface area (Å²) in [5, 5.41) is 2.54. The summed E-state index contributed by atoms with van der Waals surface area (Å²) in [6, 6.07) is 19.3. The Morgan fingerprint density at radius 3 is 2.77 bits per heavy atom. The summed E-state index contributed by atoms with van der Waals surface area (Å²) in [7, 11) is 0. The van der Waals surface area contributed by atoms with Crippen LogP contribution in [0.2, 0.25) is 0 Å². The Bertz CT molecular complexity index is 931. The van der Waals surface area contributed by atoms with Crippen LogP contribution in [0.4, 0.5) is 0 Å². The van der Waals surface area contributed by atoms with E-state index in [1.54, 1.807) is 6.20 Å². The van der Waals surface area contributed by atoms with Crippen molar-refractivity contribution in [2.24, 2.45) is 5.92 Å². The van der Waals surface area contributed by atoms with E-state index in [0.29, 0.717) is 17.7 Å². The van der Waals surface area contributed by atoms with Gasteiger partial charge in [0.15, 0.2) is 0 Å². The van der Waals surface area contributed by atoms with E-state index in [0.717, 1.165) is 19.5 Å². The lowest BCUT2D eigenvalue weighted by Crippen LogP contribution is -2.47. The first-order chi connectivity index (χ1) is 12.8. The van der Waals surface area contributed by atoms with Crippen molar-refractivity contribution in [2.45, 2.75) is 18.5 Å². The number of piperidine rings is 1. The zero-order chi connectivity index (χ0) is 17.5. The summed E-state index contributed by atoms with van der Waals surface area (Å²) in [4.78, 5) is 17.8. The molecule has 5 nitrogen and oxygen atoms in total. The number of hydrogen-bond acceptors (Lipinski definition) is 3. The van der Waals surface area contributed by atoms with Gasteiger partial charge in [0, 0.05) is 31.2 Å². The molecule has 3 aromatic rings. The maximum absolute atomic E-state index is 12.8. The van der Waals surface area contributed by atoms with Gasteiger partial charge in [-0.2, -0.15) is 0 Å². The molecule has 3 N–H and O–H groups in total. The molecule has 3 unspecified atom stereocenters. The van der Waals surface area contributed by atoms with Gasteiger partial charge in [0.1, 0.15) is 5.69 Å². The van der Waals surface area contributed by atoms with Gasteiger partial charge in [-0.15, -0.1) is 0 Å². The van der Waals surface area contributed by atoms with E-state index in [1.165, 1.54) is 16.3 Å². The Hall–Kier alpha value is -2.63. The lowest BCUT2D eigenvalue weighted by atomic mass is 9.83. The maximum atomic E-state index is 12.8. The number of hydrogen-bond donors (Lipinski definition) is 3. The van der Waals surface area contributed by atoms with Crippen molar-refractivity contribution in [1.82, 2.24) is 20.7 Å². The van der Waals surface area contributed by atoms with E-state index in [9.17, 15) is 4.79 Å². The third-order valence-corrected chi connectivity index (χ3v) is 5.78. The fourth-order valence-corrected chi connectivity index (χ4v) is 4.45. The van der Waals surface area contributed by atoms with Gasteiger partial charge in [-0.3, -0.25) is 10.2 Å². The largest absolute Gasteiger partial charge is 0.357 e. The van der Waals surface area contributed by atoms with Gasteiger partial charge >= 0.3 is 0 Å². The smallest absolute Gasteiger partial charge is 0.270 e. The number of carbonyl (C=O) groups excluding carboxylic acids is 1. The predicted octanol–water partition coefficient (Wildman–Crippen LogP) is 2.85. The number of H-pyrrole nitrogens is 1. The van der Waals surface area contributed by atoms with E-state index in [4.69, 9.17) is 0 Å². The van der Waals surface area contributed by atoms with Gasteiger partial charge < -0.3 is 9.88 Å². The topological polar surface area (TPSA) is 60.2 Å². The molecule has 1 amide bonds. The van der Waals surface area contributed by atoms with Crippen LogP contribution in [0.3, 0.4) is 0 Å². The van der Waals surface area contributed by atoms with E-state index >= 15 is 0 Å². The highest BCUT2D eigenvalue weighted by molar-refractivity contribution is 5.92. The van der Waals surface area contributed by atoms with Crippen LogP contribution < -0.4 is 10.9 Å². The number of carbonyl (C=O) groups is 1. The Morgan fingerprint density at radius 1 is 1.00 bits per heavy atom. The maximum Gasteiger partial charge on any atom is 0.270 e. The number of hydrazine groups is 1. The highest BCUT2D eigenvalue weighted by Crippen LogP contribution is 2.36. The standard InChI is InChI=1S/C21H22N4O/c26-21(19-9-4-11-22-19)25-12-10-18-17(13-25)20(24-23-18)16-8-3-6-14-5-1-2-7-15(14)16/h1-9,11,17-18,20,22-24H,10,12-13H2. The molecule has 5 heteroatoms. The number of likely N-dealkylation sites (tertiary alicyclic amines) is 1. The molecule has 3 atom stereocenters. The zero-order valence-electron chi connectivity index (χ0n) is 14.5. The molecule has 2 aliphatic rings. The average Bonchev–Trinajstić information content (AvgIpc) is 3.36. The van der Waals surface area contributed by atoms with Gasteiger partial charge in [-0.05, 0) is 34.9 Å². The van der Waals surface area contributed by atoms with Crippen molar-refractivity contribution >= 4 is 16.7 Å². The quantitative estimate of drug-likeness (QED) is 0.669. The molecular weight excluding hydrogens is 324 g/mol. The summed E-state index contributed by atoms with van der Waals surface area (Å²) in [5.74, 6) is 0.450. The second-order valence-corrected chi connectivity index (χ2v) is 7.23. The fourth-order valence-electron chi connectivity index (χ4n) is 4.45. The molecule has 5 rings (SSSR count). The molecule has 2 saturated heterocycles. The molecule has 1 aromatic heterocycles. The van der Waals surface area contributed by atoms with Crippen molar-refractivity contribution in [3.05, 3.63) is 72.1 Å².